The van der Waals surface area contributed by atoms with Crippen molar-refractivity contribution in [1.82, 2.24) is 4.90 Å². The maximum absolute atomic E-state index is 12.9. The van der Waals surface area contributed by atoms with Gasteiger partial charge < -0.3 is 5.73 Å². The molecule has 0 spiro atoms. The lowest BCUT2D eigenvalue weighted by atomic mass is 9.93. The van der Waals surface area contributed by atoms with Crippen LogP contribution in [0.25, 0.3) is 0 Å². The highest BCUT2D eigenvalue weighted by molar-refractivity contribution is 5.39. The summed E-state index contributed by atoms with van der Waals surface area (Å²) in [7, 11) is 0. The molecule has 1 saturated carbocycles. The molecule has 1 aliphatic heterocycles. The molecule has 2 aliphatic rings. The highest BCUT2D eigenvalue weighted by Gasteiger charge is 2.37. The topological polar surface area (TPSA) is 29.3 Å². The number of hydrogen-bond donors (Lipinski definition) is 1. The van der Waals surface area contributed by atoms with Crippen LogP contribution >= 0.6 is 0 Å². The number of benzene rings is 1. The minimum atomic E-state index is -4.29. The Bertz CT molecular complexity index is 507. The summed E-state index contributed by atoms with van der Waals surface area (Å²) < 4.78 is 38.7. The molecule has 1 heterocycles. The Balaban J connectivity index is 1.89. The second kappa shape index (κ2) is 5.61. The molecular formula is C16H21F3N2. The van der Waals surface area contributed by atoms with Crippen LogP contribution < -0.4 is 5.73 Å². The predicted molar refractivity (Wildman–Crippen MR) is 75.7 cm³/mol. The molecule has 5 heteroatoms. The summed E-state index contributed by atoms with van der Waals surface area (Å²) in [6.07, 6.45) is 1.67. The molecule has 2 N–H and O–H groups in total. The fraction of sp³-hybridized carbons (Fsp3) is 0.625. The molecule has 1 aromatic carbocycles. The van der Waals surface area contributed by atoms with Crippen molar-refractivity contribution in [3.8, 4) is 0 Å². The molecule has 3 rings (SSSR count). The first-order chi connectivity index (χ1) is 10.0. The van der Waals surface area contributed by atoms with Crippen LogP contribution in [0.4, 0.5) is 13.2 Å². The van der Waals surface area contributed by atoms with E-state index < -0.39 is 11.7 Å². The van der Waals surface area contributed by atoms with Crippen LogP contribution in [0.1, 0.15) is 54.8 Å². The Hall–Kier alpha value is -1.07. The van der Waals surface area contributed by atoms with E-state index in [-0.39, 0.29) is 6.04 Å². The average molecular weight is 298 g/mol. The van der Waals surface area contributed by atoms with Crippen molar-refractivity contribution in [2.45, 2.75) is 56.9 Å². The van der Waals surface area contributed by atoms with Crippen LogP contribution in [0.2, 0.25) is 0 Å². The normalized spacial score (nSPS) is 24.3. The molecule has 0 aromatic heterocycles. The maximum atomic E-state index is 12.9. The minimum Gasteiger partial charge on any atom is -0.329 e. The lowest BCUT2D eigenvalue weighted by Crippen LogP contribution is -2.38. The summed E-state index contributed by atoms with van der Waals surface area (Å²) in [6.45, 7) is 1.12. The van der Waals surface area contributed by atoms with Gasteiger partial charge in [0.25, 0.3) is 0 Å². The van der Waals surface area contributed by atoms with E-state index in [1.807, 2.05) is 0 Å². The molecule has 0 saturated heterocycles. The molecule has 1 aliphatic carbocycles. The molecule has 0 radical (unpaired) electrons. The van der Waals surface area contributed by atoms with Crippen LogP contribution in [-0.2, 0) is 12.7 Å². The van der Waals surface area contributed by atoms with Gasteiger partial charge in [-0.05, 0) is 36.1 Å². The van der Waals surface area contributed by atoms with Crippen molar-refractivity contribution < 1.29 is 13.2 Å². The zero-order valence-electron chi connectivity index (χ0n) is 12.0. The van der Waals surface area contributed by atoms with E-state index in [0.717, 1.165) is 30.5 Å². The van der Waals surface area contributed by atoms with Crippen molar-refractivity contribution in [2.75, 3.05) is 6.54 Å². The van der Waals surface area contributed by atoms with Crippen molar-refractivity contribution in [2.24, 2.45) is 5.73 Å². The zero-order valence-corrected chi connectivity index (χ0v) is 12.0. The molecule has 0 bridgehead atoms. The van der Waals surface area contributed by atoms with Gasteiger partial charge in [0.05, 0.1) is 5.56 Å². The molecule has 21 heavy (non-hydrogen) atoms. The molecule has 1 fully saturated rings. The summed E-state index contributed by atoms with van der Waals surface area (Å²) in [6, 6.07) is 4.52. The lowest BCUT2D eigenvalue weighted by Gasteiger charge is -2.35. The minimum absolute atomic E-state index is 0.0644. The van der Waals surface area contributed by atoms with Crippen molar-refractivity contribution in [3.63, 3.8) is 0 Å². The van der Waals surface area contributed by atoms with Gasteiger partial charge in [-0.3, -0.25) is 4.90 Å². The first kappa shape index (κ1) is 14.9. The standard InChI is InChI=1S/C16H21F3N2/c17-16(18,19)12-7-6-11-10-21(13-4-2-1-3-5-13)15(9-20)14(11)8-12/h6-8,13,15H,1-5,9-10,20H2. The summed E-state index contributed by atoms with van der Waals surface area (Å²) in [5.41, 5.74) is 7.10. The molecule has 1 unspecified atom stereocenters. The number of rotatable bonds is 2. The number of halogens is 3. The number of nitrogens with zero attached hydrogens (tertiary/aromatic N) is 1. The van der Waals surface area contributed by atoms with Gasteiger partial charge in [0.15, 0.2) is 0 Å². The van der Waals surface area contributed by atoms with Gasteiger partial charge >= 0.3 is 6.18 Å². The van der Waals surface area contributed by atoms with Crippen molar-refractivity contribution in [1.29, 1.82) is 0 Å². The Labute approximate surface area is 123 Å². The highest BCUT2D eigenvalue weighted by atomic mass is 19.4. The van der Waals surface area contributed by atoms with E-state index in [9.17, 15) is 13.2 Å². The van der Waals surface area contributed by atoms with Gasteiger partial charge in [-0.15, -0.1) is 0 Å². The number of alkyl halides is 3. The Kier molecular flexibility index (Phi) is 3.97. The average Bonchev–Trinajstić information content (AvgIpc) is 2.84. The molecule has 2 nitrogen and oxygen atoms in total. The van der Waals surface area contributed by atoms with Gasteiger partial charge in [0, 0.05) is 25.2 Å². The van der Waals surface area contributed by atoms with E-state index in [1.165, 1.54) is 31.4 Å². The third-order valence-corrected chi connectivity index (χ3v) is 4.85. The highest BCUT2D eigenvalue weighted by Crippen LogP contribution is 2.41. The first-order valence-electron chi connectivity index (χ1n) is 7.66. The van der Waals surface area contributed by atoms with E-state index >= 15 is 0 Å². The van der Waals surface area contributed by atoms with Gasteiger partial charge in [-0.25, -0.2) is 0 Å². The summed E-state index contributed by atoms with van der Waals surface area (Å²) >= 11 is 0. The summed E-state index contributed by atoms with van der Waals surface area (Å²) in [5, 5.41) is 0. The number of nitrogens with two attached hydrogens (primary N) is 1. The van der Waals surface area contributed by atoms with Crippen LogP contribution in [0, 0.1) is 0 Å². The van der Waals surface area contributed by atoms with Crippen molar-refractivity contribution >= 4 is 0 Å². The number of fused-ring (bicyclic) bond motifs is 1. The summed E-state index contributed by atoms with van der Waals surface area (Å²) in [5.74, 6) is 0. The first-order valence-corrected chi connectivity index (χ1v) is 7.66. The molecule has 116 valence electrons. The van der Waals surface area contributed by atoms with E-state index in [1.54, 1.807) is 6.07 Å². The SMILES string of the molecule is NCC1c2cc(C(F)(F)F)ccc2CN1C1CCCCC1. The quantitative estimate of drug-likeness (QED) is 0.898. The maximum Gasteiger partial charge on any atom is 0.416 e. The fourth-order valence-electron chi connectivity index (χ4n) is 3.77. The van der Waals surface area contributed by atoms with Crippen molar-refractivity contribution in [3.05, 3.63) is 34.9 Å². The predicted octanol–water partition coefficient (Wildman–Crippen LogP) is 3.85. The van der Waals surface area contributed by atoms with E-state index in [2.05, 4.69) is 4.90 Å². The van der Waals surface area contributed by atoms with E-state index in [4.69, 9.17) is 5.73 Å². The van der Waals surface area contributed by atoms with Gasteiger partial charge in [0.1, 0.15) is 0 Å². The zero-order chi connectivity index (χ0) is 15.0. The molecular weight excluding hydrogens is 277 g/mol. The number of hydrogen-bond acceptors (Lipinski definition) is 2. The van der Waals surface area contributed by atoms with Gasteiger partial charge in [-0.1, -0.05) is 25.3 Å². The second-order valence-corrected chi connectivity index (χ2v) is 6.13. The van der Waals surface area contributed by atoms with E-state index in [0.29, 0.717) is 12.6 Å². The van der Waals surface area contributed by atoms with Crippen LogP contribution in [0.15, 0.2) is 18.2 Å². The van der Waals surface area contributed by atoms with Gasteiger partial charge in [0.2, 0.25) is 0 Å². The molecule has 1 aromatic rings. The Morgan fingerprint density at radius 3 is 2.48 bits per heavy atom. The second-order valence-electron chi connectivity index (χ2n) is 6.13. The third kappa shape index (κ3) is 2.81. The molecule has 0 amide bonds. The smallest absolute Gasteiger partial charge is 0.329 e. The van der Waals surface area contributed by atoms with Crippen LogP contribution in [0.3, 0.4) is 0 Å². The Morgan fingerprint density at radius 1 is 1.14 bits per heavy atom. The third-order valence-electron chi connectivity index (χ3n) is 4.85. The van der Waals surface area contributed by atoms with Crippen LogP contribution in [0.5, 0.6) is 0 Å². The summed E-state index contributed by atoms with van der Waals surface area (Å²) in [4.78, 5) is 2.32. The Morgan fingerprint density at radius 2 is 1.86 bits per heavy atom. The largest absolute Gasteiger partial charge is 0.416 e. The monoisotopic (exact) mass is 298 g/mol. The van der Waals surface area contributed by atoms with Crippen LogP contribution in [-0.4, -0.2) is 17.5 Å². The van der Waals surface area contributed by atoms with Gasteiger partial charge in [-0.2, -0.15) is 13.2 Å². The lowest BCUT2D eigenvalue weighted by molar-refractivity contribution is -0.137. The fourth-order valence-corrected chi connectivity index (χ4v) is 3.77. The molecule has 1 atom stereocenters.